The molecule has 1 N–H and O–H groups in total. The first-order valence-corrected chi connectivity index (χ1v) is 8.73. The number of hydrogen-bond acceptors (Lipinski definition) is 4. The highest BCUT2D eigenvalue weighted by Crippen LogP contribution is 2.17. The molecule has 1 atom stereocenters. The maximum Gasteiger partial charge on any atom is 0.153 e. The summed E-state index contributed by atoms with van der Waals surface area (Å²) in [7, 11) is -2.90. The number of rotatable bonds is 7. The van der Waals surface area contributed by atoms with E-state index in [0.29, 0.717) is 24.4 Å². The number of sulfone groups is 1. The Morgan fingerprint density at radius 1 is 1.28 bits per heavy atom. The fourth-order valence-electron chi connectivity index (χ4n) is 2.27. The standard InChI is InChI=1S/C13H28N2O2S/c1-11(2)14-10-13-6-5-7-15(13)8-9-18(16,17)12(3)4/h11-14H,5-10H2,1-4H3. The van der Waals surface area contributed by atoms with E-state index in [2.05, 4.69) is 24.1 Å². The van der Waals surface area contributed by atoms with Crippen LogP contribution in [-0.4, -0.2) is 56.0 Å². The van der Waals surface area contributed by atoms with Crippen molar-refractivity contribution in [1.29, 1.82) is 0 Å². The maximum absolute atomic E-state index is 11.8. The fourth-order valence-corrected chi connectivity index (χ4v) is 3.23. The van der Waals surface area contributed by atoms with Crippen LogP contribution in [0.1, 0.15) is 40.5 Å². The predicted octanol–water partition coefficient (Wildman–Crippen LogP) is 1.27. The van der Waals surface area contributed by atoms with E-state index < -0.39 is 9.84 Å². The van der Waals surface area contributed by atoms with E-state index in [4.69, 9.17) is 0 Å². The topological polar surface area (TPSA) is 49.4 Å². The Hall–Kier alpha value is -0.130. The third kappa shape index (κ3) is 4.86. The molecule has 1 saturated heterocycles. The second kappa shape index (κ2) is 6.87. The highest BCUT2D eigenvalue weighted by atomic mass is 32.2. The molecule has 0 bridgehead atoms. The third-order valence-corrected chi connectivity index (χ3v) is 5.83. The minimum absolute atomic E-state index is 0.257. The van der Waals surface area contributed by atoms with Crippen LogP contribution in [0.3, 0.4) is 0 Å². The largest absolute Gasteiger partial charge is 0.313 e. The van der Waals surface area contributed by atoms with E-state index in [0.717, 1.165) is 13.1 Å². The molecule has 5 heteroatoms. The molecule has 0 amide bonds. The molecule has 0 aromatic heterocycles. The monoisotopic (exact) mass is 276 g/mol. The van der Waals surface area contributed by atoms with E-state index in [-0.39, 0.29) is 5.25 Å². The number of nitrogens with zero attached hydrogens (tertiary/aromatic N) is 1. The summed E-state index contributed by atoms with van der Waals surface area (Å²) in [6.45, 7) is 10.5. The smallest absolute Gasteiger partial charge is 0.153 e. The normalized spacial score (nSPS) is 22.2. The average molecular weight is 276 g/mol. The SMILES string of the molecule is CC(C)NCC1CCCN1CCS(=O)(=O)C(C)C. The minimum Gasteiger partial charge on any atom is -0.313 e. The molecule has 0 aromatic carbocycles. The van der Waals surface area contributed by atoms with Gasteiger partial charge >= 0.3 is 0 Å². The Labute approximate surface area is 112 Å². The lowest BCUT2D eigenvalue weighted by atomic mass is 10.2. The second-order valence-electron chi connectivity index (χ2n) is 5.81. The molecule has 0 saturated carbocycles. The maximum atomic E-state index is 11.8. The van der Waals surface area contributed by atoms with Crippen LogP contribution < -0.4 is 5.32 Å². The zero-order valence-corrected chi connectivity index (χ0v) is 13.0. The van der Waals surface area contributed by atoms with Crippen molar-refractivity contribution in [1.82, 2.24) is 10.2 Å². The lowest BCUT2D eigenvalue weighted by Gasteiger charge is -2.25. The van der Waals surface area contributed by atoms with Gasteiger partial charge in [-0.15, -0.1) is 0 Å². The fraction of sp³-hybridized carbons (Fsp3) is 1.00. The summed E-state index contributed by atoms with van der Waals surface area (Å²) in [6, 6.07) is 1.00. The Kier molecular flexibility index (Phi) is 6.08. The molecule has 0 aromatic rings. The summed E-state index contributed by atoms with van der Waals surface area (Å²) < 4.78 is 23.6. The third-order valence-electron chi connectivity index (χ3n) is 3.64. The lowest BCUT2D eigenvalue weighted by Crippen LogP contribution is -2.42. The molecule has 1 fully saturated rings. The second-order valence-corrected chi connectivity index (χ2v) is 8.49. The highest BCUT2D eigenvalue weighted by molar-refractivity contribution is 7.92. The van der Waals surface area contributed by atoms with Gasteiger partial charge in [0, 0.05) is 25.2 Å². The van der Waals surface area contributed by atoms with Crippen LogP contribution >= 0.6 is 0 Å². The van der Waals surface area contributed by atoms with Crippen LogP contribution in [-0.2, 0) is 9.84 Å². The molecule has 0 radical (unpaired) electrons. The van der Waals surface area contributed by atoms with Crippen molar-refractivity contribution in [3.8, 4) is 0 Å². The summed E-state index contributed by atoms with van der Waals surface area (Å²) in [5.74, 6) is 0.294. The first kappa shape index (κ1) is 15.9. The molecule has 1 aliphatic rings. The molecule has 0 spiro atoms. The molecule has 1 unspecified atom stereocenters. The first-order chi connectivity index (χ1) is 8.33. The van der Waals surface area contributed by atoms with Gasteiger partial charge in [-0.25, -0.2) is 8.42 Å². The summed E-state index contributed by atoms with van der Waals surface area (Å²) >= 11 is 0. The van der Waals surface area contributed by atoms with Crippen LogP contribution in [0, 0.1) is 0 Å². The summed E-state index contributed by atoms with van der Waals surface area (Å²) in [6.07, 6.45) is 2.37. The van der Waals surface area contributed by atoms with Gasteiger partial charge < -0.3 is 5.32 Å². The van der Waals surface area contributed by atoms with E-state index in [1.165, 1.54) is 12.8 Å². The zero-order valence-electron chi connectivity index (χ0n) is 12.1. The molecule has 4 nitrogen and oxygen atoms in total. The van der Waals surface area contributed by atoms with E-state index in [1.54, 1.807) is 13.8 Å². The Morgan fingerprint density at radius 3 is 2.50 bits per heavy atom. The van der Waals surface area contributed by atoms with Gasteiger partial charge in [-0.3, -0.25) is 4.90 Å². The molecule has 1 aliphatic heterocycles. The van der Waals surface area contributed by atoms with Gasteiger partial charge in [0.15, 0.2) is 9.84 Å². The Balaban J connectivity index is 2.41. The van der Waals surface area contributed by atoms with Gasteiger partial charge in [-0.1, -0.05) is 13.8 Å². The minimum atomic E-state index is -2.90. The molecule has 1 rings (SSSR count). The number of hydrogen-bond donors (Lipinski definition) is 1. The van der Waals surface area contributed by atoms with Crippen molar-refractivity contribution in [2.45, 2.75) is 57.9 Å². The van der Waals surface area contributed by atoms with E-state index in [1.807, 2.05) is 0 Å². The molecule has 108 valence electrons. The van der Waals surface area contributed by atoms with Crippen LogP contribution in [0.2, 0.25) is 0 Å². The number of likely N-dealkylation sites (tertiary alicyclic amines) is 1. The Morgan fingerprint density at radius 2 is 1.94 bits per heavy atom. The van der Waals surface area contributed by atoms with Gasteiger partial charge in [-0.05, 0) is 33.2 Å². The van der Waals surface area contributed by atoms with Crippen molar-refractivity contribution < 1.29 is 8.42 Å². The average Bonchev–Trinajstić information content (AvgIpc) is 2.70. The van der Waals surface area contributed by atoms with Crippen molar-refractivity contribution >= 4 is 9.84 Å². The summed E-state index contributed by atoms with van der Waals surface area (Å²) in [5.41, 5.74) is 0. The summed E-state index contributed by atoms with van der Waals surface area (Å²) in [4.78, 5) is 2.33. The van der Waals surface area contributed by atoms with Gasteiger partial charge in [0.2, 0.25) is 0 Å². The van der Waals surface area contributed by atoms with Crippen LogP contribution in [0.25, 0.3) is 0 Å². The summed E-state index contributed by atoms with van der Waals surface area (Å²) in [5, 5.41) is 3.19. The van der Waals surface area contributed by atoms with Crippen molar-refractivity contribution in [3.05, 3.63) is 0 Å². The van der Waals surface area contributed by atoms with Crippen LogP contribution in [0.15, 0.2) is 0 Å². The van der Waals surface area contributed by atoms with Crippen molar-refractivity contribution in [2.24, 2.45) is 0 Å². The Bertz CT molecular complexity index is 339. The predicted molar refractivity (Wildman–Crippen MR) is 76.7 cm³/mol. The molecule has 1 heterocycles. The first-order valence-electron chi connectivity index (χ1n) is 7.02. The quantitative estimate of drug-likeness (QED) is 0.761. The van der Waals surface area contributed by atoms with Crippen molar-refractivity contribution in [3.63, 3.8) is 0 Å². The molecule has 0 aliphatic carbocycles. The highest BCUT2D eigenvalue weighted by Gasteiger charge is 2.26. The van der Waals surface area contributed by atoms with Gasteiger partial charge in [-0.2, -0.15) is 0 Å². The lowest BCUT2D eigenvalue weighted by molar-refractivity contribution is 0.257. The van der Waals surface area contributed by atoms with E-state index in [9.17, 15) is 8.42 Å². The van der Waals surface area contributed by atoms with Gasteiger partial charge in [0.25, 0.3) is 0 Å². The van der Waals surface area contributed by atoms with Gasteiger partial charge in [0.05, 0.1) is 11.0 Å². The van der Waals surface area contributed by atoms with Crippen LogP contribution in [0.5, 0.6) is 0 Å². The molecule has 18 heavy (non-hydrogen) atoms. The molecular formula is C13H28N2O2S. The zero-order chi connectivity index (χ0) is 13.8. The van der Waals surface area contributed by atoms with Crippen LogP contribution in [0.4, 0.5) is 0 Å². The van der Waals surface area contributed by atoms with Gasteiger partial charge in [0.1, 0.15) is 0 Å². The van der Waals surface area contributed by atoms with E-state index >= 15 is 0 Å². The molecular weight excluding hydrogens is 248 g/mol. The number of nitrogens with one attached hydrogen (secondary N) is 1. The van der Waals surface area contributed by atoms with Crippen molar-refractivity contribution in [2.75, 3.05) is 25.4 Å².